The first-order valence-corrected chi connectivity index (χ1v) is 9.58. The molecular weight excluding hydrogens is 343 g/mol. The quantitative estimate of drug-likeness (QED) is 0.857. The van der Waals surface area contributed by atoms with Crippen molar-refractivity contribution in [1.82, 2.24) is 5.32 Å². The number of anilines is 1. The van der Waals surface area contributed by atoms with Crippen LogP contribution in [0.1, 0.15) is 16.7 Å². The van der Waals surface area contributed by atoms with E-state index < -0.39 is 21.7 Å². The van der Waals surface area contributed by atoms with E-state index in [4.69, 9.17) is 0 Å². The Labute approximate surface area is 147 Å². The molecule has 0 bridgehead atoms. The van der Waals surface area contributed by atoms with Crippen LogP contribution in [0.2, 0.25) is 0 Å². The van der Waals surface area contributed by atoms with Crippen LogP contribution in [0.15, 0.2) is 42.5 Å². The van der Waals surface area contributed by atoms with Gasteiger partial charge in [0.1, 0.15) is 12.4 Å². The highest BCUT2D eigenvalue weighted by atomic mass is 32.2. The molecular formula is C18H21FN2O3S. The van der Waals surface area contributed by atoms with Crippen molar-refractivity contribution in [3.05, 3.63) is 65.0 Å². The molecule has 0 aliphatic carbocycles. The van der Waals surface area contributed by atoms with Gasteiger partial charge in [-0.2, -0.15) is 0 Å². The molecule has 0 saturated heterocycles. The Kier molecular flexibility index (Phi) is 5.79. The van der Waals surface area contributed by atoms with Crippen molar-refractivity contribution in [3.63, 3.8) is 0 Å². The van der Waals surface area contributed by atoms with Crippen LogP contribution in [-0.2, 0) is 21.4 Å². The molecule has 7 heteroatoms. The van der Waals surface area contributed by atoms with Gasteiger partial charge in [0.2, 0.25) is 15.9 Å². The van der Waals surface area contributed by atoms with Crippen molar-refractivity contribution < 1.29 is 17.6 Å². The maximum atomic E-state index is 13.6. The molecule has 0 saturated carbocycles. The SMILES string of the molecule is Cc1cc(C)cc(N(CC(=O)NCc2ccccc2F)S(C)(=O)=O)c1. The third-order valence-corrected chi connectivity index (χ3v) is 4.76. The number of carbonyl (C=O) groups is 1. The average molecular weight is 364 g/mol. The van der Waals surface area contributed by atoms with Crippen molar-refractivity contribution in [1.29, 1.82) is 0 Å². The molecule has 1 N–H and O–H groups in total. The van der Waals surface area contributed by atoms with Gasteiger partial charge in [0.25, 0.3) is 0 Å². The van der Waals surface area contributed by atoms with Crippen LogP contribution < -0.4 is 9.62 Å². The Bertz CT molecular complexity index is 861. The Morgan fingerprint density at radius 2 is 1.72 bits per heavy atom. The molecule has 0 heterocycles. The lowest BCUT2D eigenvalue weighted by molar-refractivity contribution is -0.119. The van der Waals surface area contributed by atoms with Crippen LogP contribution in [0.3, 0.4) is 0 Å². The number of amides is 1. The largest absolute Gasteiger partial charge is 0.350 e. The minimum Gasteiger partial charge on any atom is -0.350 e. The molecule has 25 heavy (non-hydrogen) atoms. The average Bonchev–Trinajstić information content (AvgIpc) is 2.49. The maximum Gasteiger partial charge on any atom is 0.241 e. The number of carbonyl (C=O) groups excluding carboxylic acids is 1. The van der Waals surface area contributed by atoms with E-state index in [9.17, 15) is 17.6 Å². The molecule has 0 radical (unpaired) electrons. The third-order valence-electron chi connectivity index (χ3n) is 3.62. The lowest BCUT2D eigenvalue weighted by Crippen LogP contribution is -2.40. The van der Waals surface area contributed by atoms with Gasteiger partial charge in [0.05, 0.1) is 11.9 Å². The zero-order valence-electron chi connectivity index (χ0n) is 14.4. The van der Waals surface area contributed by atoms with E-state index in [-0.39, 0.29) is 13.1 Å². The zero-order valence-corrected chi connectivity index (χ0v) is 15.2. The van der Waals surface area contributed by atoms with E-state index in [1.807, 2.05) is 19.9 Å². The fourth-order valence-corrected chi connectivity index (χ4v) is 3.36. The maximum absolute atomic E-state index is 13.6. The van der Waals surface area contributed by atoms with Gasteiger partial charge in [0, 0.05) is 12.1 Å². The predicted octanol–water partition coefficient (Wildman–Crippen LogP) is 2.52. The molecule has 1 amide bonds. The number of nitrogens with one attached hydrogen (secondary N) is 1. The van der Waals surface area contributed by atoms with E-state index in [2.05, 4.69) is 5.32 Å². The van der Waals surface area contributed by atoms with Gasteiger partial charge < -0.3 is 5.32 Å². The van der Waals surface area contributed by atoms with E-state index in [0.29, 0.717) is 11.3 Å². The standard InChI is InChI=1S/C18H21FN2O3S/c1-13-8-14(2)10-16(9-13)21(25(3,23)24)12-18(22)20-11-15-6-4-5-7-17(15)19/h4-10H,11-12H2,1-3H3,(H,20,22). The fraction of sp³-hybridized carbons (Fsp3) is 0.278. The summed E-state index contributed by atoms with van der Waals surface area (Å²) < 4.78 is 38.8. The third kappa shape index (κ3) is 5.29. The topological polar surface area (TPSA) is 66.5 Å². The molecule has 0 fully saturated rings. The van der Waals surface area contributed by atoms with Crippen LogP contribution in [0.5, 0.6) is 0 Å². The summed E-state index contributed by atoms with van der Waals surface area (Å²) in [6.07, 6.45) is 1.05. The predicted molar refractivity (Wildman–Crippen MR) is 96.4 cm³/mol. The van der Waals surface area contributed by atoms with Gasteiger partial charge in [0.15, 0.2) is 0 Å². The number of hydrogen-bond donors (Lipinski definition) is 1. The Morgan fingerprint density at radius 1 is 1.12 bits per heavy atom. The summed E-state index contributed by atoms with van der Waals surface area (Å²) in [5.74, 6) is -0.926. The molecule has 134 valence electrons. The number of nitrogens with zero attached hydrogens (tertiary/aromatic N) is 1. The smallest absolute Gasteiger partial charge is 0.241 e. The number of rotatable bonds is 6. The number of sulfonamides is 1. The lowest BCUT2D eigenvalue weighted by Gasteiger charge is -2.23. The van der Waals surface area contributed by atoms with Crippen LogP contribution in [-0.4, -0.2) is 27.1 Å². The van der Waals surface area contributed by atoms with Crippen molar-refractivity contribution in [2.24, 2.45) is 0 Å². The fourth-order valence-electron chi connectivity index (χ4n) is 2.52. The number of halogens is 1. The Morgan fingerprint density at radius 3 is 2.28 bits per heavy atom. The van der Waals surface area contributed by atoms with Crippen molar-refractivity contribution >= 4 is 21.6 Å². The van der Waals surface area contributed by atoms with Gasteiger partial charge in [-0.15, -0.1) is 0 Å². The first-order chi connectivity index (χ1) is 11.7. The molecule has 0 aliphatic heterocycles. The summed E-state index contributed by atoms with van der Waals surface area (Å²) in [4.78, 5) is 12.2. The van der Waals surface area contributed by atoms with Crippen molar-refractivity contribution in [2.75, 3.05) is 17.1 Å². The lowest BCUT2D eigenvalue weighted by atomic mass is 10.1. The van der Waals surface area contributed by atoms with Gasteiger partial charge in [-0.3, -0.25) is 9.10 Å². The molecule has 0 aliphatic rings. The Hall–Kier alpha value is -2.41. The van der Waals surface area contributed by atoms with Crippen molar-refractivity contribution in [2.45, 2.75) is 20.4 Å². The van der Waals surface area contributed by atoms with Crippen LogP contribution >= 0.6 is 0 Å². The van der Waals surface area contributed by atoms with Crippen LogP contribution in [0, 0.1) is 19.7 Å². The van der Waals surface area contributed by atoms with Gasteiger partial charge in [-0.1, -0.05) is 24.3 Å². The van der Waals surface area contributed by atoms with E-state index >= 15 is 0 Å². The first kappa shape index (κ1) is 18.9. The number of aryl methyl sites for hydroxylation is 2. The highest BCUT2D eigenvalue weighted by Gasteiger charge is 2.21. The molecule has 0 aromatic heterocycles. The second-order valence-corrected chi connectivity index (χ2v) is 7.89. The second-order valence-electron chi connectivity index (χ2n) is 5.98. The van der Waals surface area contributed by atoms with E-state index in [0.717, 1.165) is 21.7 Å². The molecule has 2 aromatic carbocycles. The highest BCUT2D eigenvalue weighted by molar-refractivity contribution is 7.92. The molecule has 5 nitrogen and oxygen atoms in total. The minimum atomic E-state index is -3.64. The molecule has 0 atom stereocenters. The summed E-state index contributed by atoms with van der Waals surface area (Å²) >= 11 is 0. The second kappa shape index (κ2) is 7.65. The van der Waals surface area contributed by atoms with Gasteiger partial charge in [-0.05, 0) is 43.2 Å². The van der Waals surface area contributed by atoms with Crippen LogP contribution in [0.25, 0.3) is 0 Å². The van der Waals surface area contributed by atoms with Gasteiger partial charge in [-0.25, -0.2) is 12.8 Å². The van der Waals surface area contributed by atoms with Gasteiger partial charge >= 0.3 is 0 Å². The molecule has 0 unspecified atom stereocenters. The van der Waals surface area contributed by atoms with Crippen LogP contribution in [0.4, 0.5) is 10.1 Å². The molecule has 2 aromatic rings. The summed E-state index contributed by atoms with van der Waals surface area (Å²) in [6, 6.07) is 11.4. The number of benzene rings is 2. The minimum absolute atomic E-state index is 0.00401. The van der Waals surface area contributed by atoms with Crippen molar-refractivity contribution in [3.8, 4) is 0 Å². The highest BCUT2D eigenvalue weighted by Crippen LogP contribution is 2.21. The summed E-state index contributed by atoms with van der Waals surface area (Å²) in [7, 11) is -3.64. The first-order valence-electron chi connectivity index (χ1n) is 7.73. The monoisotopic (exact) mass is 364 g/mol. The Balaban J connectivity index is 2.15. The zero-order chi connectivity index (χ0) is 18.6. The number of hydrogen-bond acceptors (Lipinski definition) is 3. The summed E-state index contributed by atoms with van der Waals surface area (Å²) in [5, 5.41) is 2.56. The van der Waals surface area contributed by atoms with E-state index in [1.54, 1.807) is 30.3 Å². The molecule has 0 spiro atoms. The normalized spacial score (nSPS) is 11.2. The molecule has 2 rings (SSSR count). The summed E-state index contributed by atoms with van der Waals surface area (Å²) in [5.41, 5.74) is 2.57. The summed E-state index contributed by atoms with van der Waals surface area (Å²) in [6.45, 7) is 3.34. The van der Waals surface area contributed by atoms with E-state index in [1.165, 1.54) is 6.07 Å².